The lowest BCUT2D eigenvalue weighted by Gasteiger charge is -2.30. The number of benzene rings is 10. The molecule has 12 aromatic rings. The van der Waals surface area contributed by atoms with Gasteiger partial charge in [0, 0.05) is 49.6 Å². The highest BCUT2D eigenvalue weighted by molar-refractivity contribution is 6.11. The van der Waals surface area contributed by atoms with Crippen molar-refractivity contribution in [2.75, 3.05) is 4.90 Å². The van der Waals surface area contributed by atoms with Crippen LogP contribution in [0.25, 0.3) is 99.5 Å². The number of nitrogens with zero attached hydrogens (tertiary/aromatic N) is 1. The van der Waals surface area contributed by atoms with Gasteiger partial charge in [-0.25, -0.2) is 0 Å². The molecule has 0 aliphatic heterocycles. The van der Waals surface area contributed by atoms with E-state index in [4.69, 9.17) is 8.83 Å². The van der Waals surface area contributed by atoms with E-state index in [0.29, 0.717) is 0 Å². The molecular weight excluding hydrogens is 767 g/mol. The maximum absolute atomic E-state index is 6.50. The maximum atomic E-state index is 6.50. The highest BCUT2D eigenvalue weighted by Gasteiger charge is 2.23. The first-order valence-corrected chi connectivity index (χ1v) is 21.4. The molecule has 10 aromatic carbocycles. The quantitative estimate of drug-likeness (QED) is 0.153. The van der Waals surface area contributed by atoms with Crippen molar-refractivity contribution >= 4 is 60.9 Å². The minimum atomic E-state index is 0.893. The van der Waals surface area contributed by atoms with Crippen molar-refractivity contribution in [1.29, 1.82) is 0 Å². The monoisotopic (exact) mass is 805 g/mol. The molecule has 0 spiro atoms. The number of rotatable bonds is 8. The van der Waals surface area contributed by atoms with Crippen LogP contribution in [0.15, 0.2) is 245 Å². The van der Waals surface area contributed by atoms with Crippen LogP contribution in [0.4, 0.5) is 17.1 Å². The third-order valence-electron chi connectivity index (χ3n) is 12.3. The van der Waals surface area contributed by atoms with E-state index in [1.165, 1.54) is 11.1 Å². The van der Waals surface area contributed by atoms with Gasteiger partial charge in [0.15, 0.2) is 0 Å². The van der Waals surface area contributed by atoms with Gasteiger partial charge >= 0.3 is 0 Å². The summed E-state index contributed by atoms with van der Waals surface area (Å²) in [7, 11) is 0. The first kappa shape index (κ1) is 36.5. The fraction of sp³-hybridized carbons (Fsp3) is 0. The summed E-state index contributed by atoms with van der Waals surface area (Å²) in [5.41, 5.74) is 18.0. The minimum Gasteiger partial charge on any atom is -0.455 e. The number of fused-ring (bicyclic) bond motifs is 6. The van der Waals surface area contributed by atoms with Crippen LogP contribution < -0.4 is 4.90 Å². The molecule has 0 amide bonds. The van der Waals surface area contributed by atoms with Crippen LogP contribution in [0.1, 0.15) is 0 Å². The van der Waals surface area contributed by atoms with Crippen LogP contribution in [0.3, 0.4) is 0 Å². The molecule has 0 aliphatic carbocycles. The summed E-state index contributed by atoms with van der Waals surface area (Å²) in [4.78, 5) is 2.40. The largest absolute Gasteiger partial charge is 0.455 e. The molecule has 0 fully saturated rings. The van der Waals surface area contributed by atoms with Gasteiger partial charge in [-0.2, -0.15) is 0 Å². The van der Waals surface area contributed by atoms with Crippen LogP contribution in [0.5, 0.6) is 0 Å². The topological polar surface area (TPSA) is 29.5 Å². The molecule has 0 unspecified atom stereocenters. The summed E-state index contributed by atoms with van der Waals surface area (Å²) >= 11 is 0. The Labute approximate surface area is 365 Å². The molecule has 0 saturated heterocycles. The van der Waals surface area contributed by atoms with Crippen molar-refractivity contribution in [1.82, 2.24) is 0 Å². The first-order chi connectivity index (χ1) is 31.3. The fourth-order valence-corrected chi connectivity index (χ4v) is 9.39. The number of anilines is 3. The molecule has 2 heterocycles. The van der Waals surface area contributed by atoms with Crippen LogP contribution >= 0.6 is 0 Å². The van der Waals surface area contributed by atoms with Crippen molar-refractivity contribution < 1.29 is 8.83 Å². The molecule has 296 valence electrons. The minimum absolute atomic E-state index is 0.893. The van der Waals surface area contributed by atoms with Gasteiger partial charge in [0.2, 0.25) is 0 Å². The highest BCUT2D eigenvalue weighted by atomic mass is 16.3. The van der Waals surface area contributed by atoms with Gasteiger partial charge in [-0.15, -0.1) is 0 Å². The predicted octanol–water partition coefficient (Wildman–Crippen LogP) is 17.3. The van der Waals surface area contributed by atoms with Crippen molar-refractivity contribution in [3.63, 3.8) is 0 Å². The zero-order valence-corrected chi connectivity index (χ0v) is 34.3. The Morgan fingerprint density at radius 1 is 0.254 bits per heavy atom. The van der Waals surface area contributed by atoms with Crippen LogP contribution in [-0.4, -0.2) is 0 Å². The predicted molar refractivity (Wildman–Crippen MR) is 263 cm³/mol. The Morgan fingerprint density at radius 2 is 0.635 bits per heavy atom. The molecule has 0 saturated carbocycles. The molecule has 0 atom stereocenters. The van der Waals surface area contributed by atoms with E-state index in [1.54, 1.807) is 0 Å². The Balaban J connectivity index is 1.06. The maximum Gasteiger partial charge on any atom is 0.143 e. The Hall–Kier alpha value is -8.40. The average molecular weight is 806 g/mol. The van der Waals surface area contributed by atoms with Gasteiger partial charge < -0.3 is 13.7 Å². The van der Waals surface area contributed by atoms with E-state index < -0.39 is 0 Å². The molecule has 0 aliphatic rings. The summed E-state index contributed by atoms with van der Waals surface area (Å²) in [5, 5.41) is 4.48. The standard InChI is InChI=1S/C60H39NO2/c1-3-16-40(17-4-1)46-20-7-8-23-52(46)58-47(41-18-5-2-6-19-41)24-15-29-55(58)61(44-36-32-42(33-37-44)48-25-13-27-53-50-21-9-11-30-56(50)62-59(48)53)45-38-34-43(35-39-45)49-26-14-28-54-51-22-10-12-31-57(51)63-60(49)54/h1-39H. The zero-order valence-electron chi connectivity index (χ0n) is 34.3. The van der Waals surface area contributed by atoms with E-state index in [2.05, 4.69) is 217 Å². The summed E-state index contributed by atoms with van der Waals surface area (Å²) in [6.45, 7) is 0. The highest BCUT2D eigenvalue weighted by Crippen LogP contribution is 2.49. The van der Waals surface area contributed by atoms with E-state index in [9.17, 15) is 0 Å². The van der Waals surface area contributed by atoms with Gasteiger partial charge in [0.1, 0.15) is 22.3 Å². The second-order valence-corrected chi connectivity index (χ2v) is 16.0. The second kappa shape index (κ2) is 15.3. The second-order valence-electron chi connectivity index (χ2n) is 16.0. The van der Waals surface area contributed by atoms with Crippen molar-refractivity contribution in [3.05, 3.63) is 237 Å². The molecule has 3 nitrogen and oxygen atoms in total. The van der Waals surface area contributed by atoms with Crippen molar-refractivity contribution in [2.24, 2.45) is 0 Å². The number of hydrogen-bond donors (Lipinski definition) is 0. The summed E-state index contributed by atoms with van der Waals surface area (Å²) < 4.78 is 13.0. The van der Waals surface area contributed by atoms with E-state index in [-0.39, 0.29) is 0 Å². The van der Waals surface area contributed by atoms with Gasteiger partial charge in [-0.1, -0.05) is 194 Å². The average Bonchev–Trinajstić information content (AvgIpc) is 3.94. The van der Waals surface area contributed by atoms with E-state index in [1.807, 2.05) is 24.3 Å². The molecule has 0 bridgehead atoms. The lowest BCUT2D eigenvalue weighted by Crippen LogP contribution is -2.12. The third-order valence-corrected chi connectivity index (χ3v) is 12.3. The molecule has 0 N–H and O–H groups in total. The smallest absolute Gasteiger partial charge is 0.143 e. The first-order valence-electron chi connectivity index (χ1n) is 21.4. The molecular formula is C60H39NO2. The van der Waals surface area contributed by atoms with Crippen molar-refractivity contribution in [3.8, 4) is 55.6 Å². The Kier molecular flexibility index (Phi) is 8.83. The zero-order chi connectivity index (χ0) is 41.7. The van der Waals surface area contributed by atoms with E-state index >= 15 is 0 Å². The Bertz CT molecular complexity index is 3440. The third kappa shape index (κ3) is 6.29. The van der Waals surface area contributed by atoms with Crippen molar-refractivity contribution in [2.45, 2.75) is 0 Å². The van der Waals surface area contributed by atoms with Gasteiger partial charge in [0.05, 0.1) is 5.69 Å². The van der Waals surface area contributed by atoms with Gasteiger partial charge in [0.25, 0.3) is 0 Å². The fourth-order valence-electron chi connectivity index (χ4n) is 9.39. The SMILES string of the molecule is c1ccc(-c2ccccc2-c2c(-c3ccccc3)cccc2N(c2ccc(-c3cccc4c3oc3ccccc34)cc2)c2ccc(-c3cccc4c3oc3ccccc34)cc2)cc1. The number of hydrogen-bond acceptors (Lipinski definition) is 3. The van der Waals surface area contributed by atoms with Gasteiger partial charge in [-0.05, 0) is 81.4 Å². The Morgan fingerprint density at radius 3 is 1.17 bits per heavy atom. The van der Waals surface area contributed by atoms with Crippen LogP contribution in [0, 0.1) is 0 Å². The lowest BCUT2D eigenvalue weighted by molar-refractivity contribution is 0.669. The molecule has 0 radical (unpaired) electrons. The number of furan rings is 2. The summed E-state index contributed by atoms with van der Waals surface area (Å²) in [6.07, 6.45) is 0. The molecule has 2 aromatic heterocycles. The van der Waals surface area contributed by atoms with Crippen LogP contribution in [-0.2, 0) is 0 Å². The van der Waals surface area contributed by atoms with E-state index in [0.717, 1.165) is 105 Å². The van der Waals surface area contributed by atoms with Crippen LogP contribution in [0.2, 0.25) is 0 Å². The molecule has 3 heteroatoms. The summed E-state index contributed by atoms with van der Waals surface area (Å²) in [6, 6.07) is 84.1. The molecule has 63 heavy (non-hydrogen) atoms. The number of para-hydroxylation sites is 4. The normalized spacial score (nSPS) is 11.5. The summed E-state index contributed by atoms with van der Waals surface area (Å²) in [5.74, 6) is 0. The molecule has 12 rings (SSSR count). The lowest BCUT2D eigenvalue weighted by atomic mass is 9.87. The van der Waals surface area contributed by atoms with Gasteiger partial charge in [-0.3, -0.25) is 0 Å².